The highest BCUT2D eigenvalue weighted by molar-refractivity contribution is 5.71. The molecule has 0 saturated heterocycles. The van der Waals surface area contributed by atoms with Gasteiger partial charge in [0.05, 0.1) is 24.3 Å². The minimum atomic E-state index is -0.515. The number of H-pyrrole nitrogens is 1. The van der Waals surface area contributed by atoms with Gasteiger partial charge in [-0.15, -0.1) is 5.10 Å². The normalized spacial score (nSPS) is 15.5. The number of hydrogen-bond acceptors (Lipinski definition) is 6. The van der Waals surface area contributed by atoms with Crippen molar-refractivity contribution in [2.24, 2.45) is 5.73 Å². The molecule has 1 atom stereocenters. The number of aromatic amines is 1. The van der Waals surface area contributed by atoms with Gasteiger partial charge in [-0.25, -0.2) is 0 Å². The molecule has 2 heterocycles. The number of fused-ring (bicyclic) bond motifs is 1. The fraction of sp³-hybridized carbons (Fsp3) is 0.143. The molecular weight excluding hydrogens is 356 g/mol. The highest BCUT2D eigenvalue weighted by Crippen LogP contribution is 2.46. The van der Waals surface area contributed by atoms with Gasteiger partial charge in [0.15, 0.2) is 11.5 Å². The molecule has 0 spiro atoms. The van der Waals surface area contributed by atoms with Crippen LogP contribution in [0.3, 0.4) is 0 Å². The molecule has 7 heteroatoms. The van der Waals surface area contributed by atoms with Crippen molar-refractivity contribution in [3.8, 4) is 34.7 Å². The maximum atomic E-state index is 9.95. The summed E-state index contributed by atoms with van der Waals surface area (Å²) in [6.07, 6.45) is 0. The van der Waals surface area contributed by atoms with Gasteiger partial charge < -0.3 is 20.3 Å². The molecule has 1 aliphatic heterocycles. The van der Waals surface area contributed by atoms with E-state index in [1.807, 2.05) is 31.2 Å². The second-order valence-electron chi connectivity index (χ2n) is 6.54. The van der Waals surface area contributed by atoms with E-state index in [9.17, 15) is 10.4 Å². The Bertz CT molecular complexity index is 1120. The van der Waals surface area contributed by atoms with E-state index in [1.165, 1.54) is 13.2 Å². The molecule has 2 aromatic carbocycles. The van der Waals surface area contributed by atoms with Crippen LogP contribution in [0.1, 0.15) is 22.6 Å². The van der Waals surface area contributed by atoms with Crippen LogP contribution in [0.5, 0.6) is 17.4 Å². The number of nitrogens with two attached hydrogens (primary N) is 1. The van der Waals surface area contributed by atoms with Crippen LogP contribution in [-0.2, 0) is 0 Å². The number of hydrogen-bond donors (Lipinski definition) is 3. The molecule has 1 aromatic heterocycles. The Kier molecular flexibility index (Phi) is 4.17. The van der Waals surface area contributed by atoms with Crippen LogP contribution >= 0.6 is 0 Å². The fourth-order valence-corrected chi connectivity index (χ4v) is 3.39. The highest BCUT2D eigenvalue weighted by Gasteiger charge is 2.36. The number of nitriles is 1. The van der Waals surface area contributed by atoms with E-state index in [-0.39, 0.29) is 17.2 Å². The van der Waals surface area contributed by atoms with Crippen molar-refractivity contribution in [1.82, 2.24) is 10.2 Å². The Morgan fingerprint density at radius 3 is 2.68 bits per heavy atom. The summed E-state index contributed by atoms with van der Waals surface area (Å²) >= 11 is 0. The van der Waals surface area contributed by atoms with Crippen molar-refractivity contribution in [2.75, 3.05) is 7.11 Å². The molecule has 0 bridgehead atoms. The second kappa shape index (κ2) is 6.67. The molecule has 1 aliphatic rings. The molecule has 7 nitrogen and oxygen atoms in total. The number of ether oxygens (including phenoxy) is 2. The van der Waals surface area contributed by atoms with Crippen LogP contribution in [0.25, 0.3) is 11.3 Å². The van der Waals surface area contributed by atoms with Crippen molar-refractivity contribution >= 4 is 0 Å². The zero-order valence-electron chi connectivity index (χ0n) is 15.4. The van der Waals surface area contributed by atoms with Crippen molar-refractivity contribution in [3.63, 3.8) is 0 Å². The van der Waals surface area contributed by atoms with Gasteiger partial charge in [-0.05, 0) is 24.6 Å². The van der Waals surface area contributed by atoms with Crippen LogP contribution in [0.15, 0.2) is 53.9 Å². The van der Waals surface area contributed by atoms with Gasteiger partial charge >= 0.3 is 0 Å². The third-order valence-electron chi connectivity index (χ3n) is 4.82. The lowest BCUT2D eigenvalue weighted by molar-refractivity contribution is 0.371. The molecule has 4 rings (SSSR count). The Morgan fingerprint density at radius 2 is 2.00 bits per heavy atom. The van der Waals surface area contributed by atoms with Crippen LogP contribution in [0, 0.1) is 18.3 Å². The summed E-state index contributed by atoms with van der Waals surface area (Å²) in [5.74, 6) is 0.137. The molecule has 0 fully saturated rings. The van der Waals surface area contributed by atoms with Crippen molar-refractivity contribution < 1.29 is 14.6 Å². The monoisotopic (exact) mass is 374 g/mol. The van der Waals surface area contributed by atoms with Crippen molar-refractivity contribution in [3.05, 3.63) is 70.6 Å². The van der Waals surface area contributed by atoms with E-state index in [1.54, 1.807) is 12.1 Å². The molecule has 28 heavy (non-hydrogen) atoms. The maximum absolute atomic E-state index is 9.95. The molecule has 1 unspecified atom stereocenters. The maximum Gasteiger partial charge on any atom is 0.244 e. The number of benzene rings is 2. The third kappa shape index (κ3) is 2.72. The number of allylic oxidation sites excluding steroid dienone is 1. The van der Waals surface area contributed by atoms with Crippen LogP contribution in [0.2, 0.25) is 0 Å². The smallest absolute Gasteiger partial charge is 0.244 e. The summed E-state index contributed by atoms with van der Waals surface area (Å²) in [6.45, 7) is 2.01. The molecule has 140 valence electrons. The lowest BCUT2D eigenvalue weighted by atomic mass is 9.83. The van der Waals surface area contributed by atoms with E-state index in [4.69, 9.17) is 15.2 Å². The number of aromatic hydroxyl groups is 1. The van der Waals surface area contributed by atoms with Gasteiger partial charge in [0.2, 0.25) is 11.8 Å². The Labute approximate surface area is 161 Å². The lowest BCUT2D eigenvalue weighted by Gasteiger charge is -2.24. The number of rotatable bonds is 3. The van der Waals surface area contributed by atoms with Gasteiger partial charge in [-0.2, -0.15) is 5.26 Å². The number of nitrogens with zero attached hydrogens (tertiary/aromatic N) is 2. The summed E-state index contributed by atoms with van der Waals surface area (Å²) in [5, 5.41) is 27.0. The first kappa shape index (κ1) is 17.5. The van der Waals surface area contributed by atoms with Crippen molar-refractivity contribution in [2.45, 2.75) is 12.8 Å². The first-order valence-corrected chi connectivity index (χ1v) is 8.63. The van der Waals surface area contributed by atoms with E-state index < -0.39 is 5.92 Å². The predicted octanol–water partition coefficient (Wildman–Crippen LogP) is 3.32. The van der Waals surface area contributed by atoms with Gasteiger partial charge in [-0.1, -0.05) is 35.9 Å². The Hall–Kier alpha value is -3.92. The fourth-order valence-electron chi connectivity index (χ4n) is 3.39. The number of phenols is 1. The molecule has 0 saturated carbocycles. The highest BCUT2D eigenvalue weighted by atomic mass is 16.5. The van der Waals surface area contributed by atoms with Gasteiger partial charge in [0.25, 0.3) is 0 Å². The number of phenolic OH excluding ortho intramolecular Hbond substituents is 1. The molecule has 0 radical (unpaired) electrons. The minimum Gasteiger partial charge on any atom is -0.504 e. The number of nitrogens with one attached hydrogen (secondary N) is 1. The molecule has 4 N–H and O–H groups in total. The summed E-state index contributed by atoms with van der Waals surface area (Å²) in [7, 11) is 1.47. The Morgan fingerprint density at radius 1 is 1.25 bits per heavy atom. The molecular formula is C21H18N4O3. The zero-order chi connectivity index (χ0) is 19.8. The van der Waals surface area contributed by atoms with Crippen LogP contribution in [0.4, 0.5) is 0 Å². The summed E-state index contributed by atoms with van der Waals surface area (Å²) in [5.41, 5.74) is 10.5. The van der Waals surface area contributed by atoms with Gasteiger partial charge in [-0.3, -0.25) is 5.10 Å². The van der Waals surface area contributed by atoms with Gasteiger partial charge in [0.1, 0.15) is 11.6 Å². The minimum absolute atomic E-state index is 0.00833. The summed E-state index contributed by atoms with van der Waals surface area (Å²) in [6, 6.07) is 15.1. The predicted molar refractivity (Wildman–Crippen MR) is 103 cm³/mol. The Balaban J connectivity index is 1.94. The topological polar surface area (TPSA) is 117 Å². The average Bonchev–Trinajstić information content (AvgIpc) is 3.11. The average molecular weight is 374 g/mol. The standard InChI is InChI=1S/C21H18N4O3/c1-11-3-5-12(6-4-11)19-18-17(13-7-8-15(26)16(9-13)27-2)14(10-22)20(23)28-21(18)25-24-19/h3-9,17,26H,23H2,1-2H3,(H,24,25). The quantitative estimate of drug-likeness (QED) is 0.647. The third-order valence-corrected chi connectivity index (χ3v) is 4.82. The molecule has 0 aliphatic carbocycles. The number of aromatic nitrogens is 2. The van der Waals surface area contributed by atoms with E-state index in [0.29, 0.717) is 17.2 Å². The molecule has 3 aromatic rings. The van der Waals surface area contributed by atoms with Crippen LogP contribution < -0.4 is 15.2 Å². The van der Waals surface area contributed by atoms with E-state index >= 15 is 0 Å². The second-order valence-corrected chi connectivity index (χ2v) is 6.54. The summed E-state index contributed by atoms with van der Waals surface area (Å²) in [4.78, 5) is 0. The lowest BCUT2D eigenvalue weighted by Crippen LogP contribution is -2.21. The summed E-state index contributed by atoms with van der Waals surface area (Å²) < 4.78 is 10.8. The number of aryl methyl sites for hydroxylation is 1. The largest absolute Gasteiger partial charge is 0.504 e. The molecule has 0 amide bonds. The van der Waals surface area contributed by atoms with Crippen molar-refractivity contribution in [1.29, 1.82) is 5.26 Å². The van der Waals surface area contributed by atoms with E-state index in [0.717, 1.165) is 22.4 Å². The van der Waals surface area contributed by atoms with E-state index in [2.05, 4.69) is 16.3 Å². The first-order chi connectivity index (χ1) is 13.5. The van der Waals surface area contributed by atoms with Crippen LogP contribution in [-0.4, -0.2) is 22.4 Å². The zero-order valence-corrected chi connectivity index (χ0v) is 15.4. The number of methoxy groups -OCH3 is 1. The SMILES string of the molecule is COc1cc(C2C(C#N)=C(N)Oc3n[nH]c(-c4ccc(C)cc4)c32)ccc1O. The first-order valence-electron chi connectivity index (χ1n) is 8.63. The van der Waals surface area contributed by atoms with Gasteiger partial charge in [0, 0.05) is 5.56 Å².